The maximum atomic E-state index is 12.2. The van der Waals surface area contributed by atoms with Crippen molar-refractivity contribution in [3.8, 4) is 0 Å². The molecule has 27 heavy (non-hydrogen) atoms. The molecule has 0 bridgehead atoms. The average Bonchev–Trinajstić information content (AvgIpc) is 2.74. The maximum absolute atomic E-state index is 12.2. The predicted octanol–water partition coefficient (Wildman–Crippen LogP) is 1.61. The van der Waals surface area contributed by atoms with Crippen LogP contribution >= 0.6 is 0 Å². The molecular formula is C21H25N3O3. The third-order valence-electron chi connectivity index (χ3n) is 4.61. The number of carbonyl (C=O) groups excluding carboxylic acids is 2. The van der Waals surface area contributed by atoms with E-state index in [0.717, 1.165) is 18.7 Å². The Kier molecular flexibility index (Phi) is 6.96. The summed E-state index contributed by atoms with van der Waals surface area (Å²) < 4.78 is 5.44. The monoisotopic (exact) mass is 367 g/mol. The maximum Gasteiger partial charge on any atom is 0.251 e. The van der Waals surface area contributed by atoms with Crippen LogP contribution in [0.25, 0.3) is 0 Å². The molecule has 142 valence electrons. The number of amides is 2. The van der Waals surface area contributed by atoms with E-state index in [2.05, 4.69) is 27.7 Å². The highest BCUT2D eigenvalue weighted by molar-refractivity contribution is 5.96. The van der Waals surface area contributed by atoms with Crippen molar-refractivity contribution < 1.29 is 14.3 Å². The lowest BCUT2D eigenvalue weighted by atomic mass is 10.0. The lowest BCUT2D eigenvalue weighted by Crippen LogP contribution is -2.45. The number of nitrogens with zero attached hydrogens (tertiary/aromatic N) is 1. The van der Waals surface area contributed by atoms with E-state index in [1.165, 1.54) is 0 Å². The average molecular weight is 367 g/mol. The zero-order valence-electron chi connectivity index (χ0n) is 15.3. The third kappa shape index (κ3) is 5.64. The molecule has 0 aliphatic carbocycles. The van der Waals surface area contributed by atoms with Crippen LogP contribution in [0.4, 0.5) is 0 Å². The Morgan fingerprint density at radius 3 is 2.22 bits per heavy atom. The second-order valence-corrected chi connectivity index (χ2v) is 6.43. The highest BCUT2D eigenvalue weighted by atomic mass is 16.5. The molecule has 1 saturated heterocycles. The van der Waals surface area contributed by atoms with E-state index in [-0.39, 0.29) is 24.4 Å². The van der Waals surface area contributed by atoms with Crippen molar-refractivity contribution in [1.82, 2.24) is 15.5 Å². The topological polar surface area (TPSA) is 70.7 Å². The van der Waals surface area contributed by atoms with Gasteiger partial charge in [0.2, 0.25) is 5.91 Å². The quantitative estimate of drug-likeness (QED) is 0.780. The van der Waals surface area contributed by atoms with E-state index in [1.54, 1.807) is 24.3 Å². The Morgan fingerprint density at radius 1 is 0.926 bits per heavy atom. The highest BCUT2D eigenvalue weighted by Gasteiger charge is 2.23. The van der Waals surface area contributed by atoms with Gasteiger partial charge >= 0.3 is 0 Å². The van der Waals surface area contributed by atoms with Gasteiger partial charge in [0.1, 0.15) is 0 Å². The van der Waals surface area contributed by atoms with Crippen LogP contribution in [-0.2, 0) is 9.53 Å². The molecular weight excluding hydrogens is 342 g/mol. The van der Waals surface area contributed by atoms with Crippen LogP contribution in [0.1, 0.15) is 22.0 Å². The number of benzene rings is 2. The van der Waals surface area contributed by atoms with Gasteiger partial charge in [-0.25, -0.2) is 0 Å². The van der Waals surface area contributed by atoms with Crippen molar-refractivity contribution in [3.63, 3.8) is 0 Å². The van der Waals surface area contributed by atoms with Crippen LogP contribution in [0.3, 0.4) is 0 Å². The Bertz CT molecular complexity index is 731. The molecule has 1 fully saturated rings. The smallest absolute Gasteiger partial charge is 0.251 e. The molecule has 2 aromatic rings. The van der Waals surface area contributed by atoms with Crippen molar-refractivity contribution in [3.05, 3.63) is 71.8 Å². The molecule has 2 N–H and O–H groups in total. The van der Waals surface area contributed by atoms with Gasteiger partial charge in [0.15, 0.2) is 0 Å². The molecule has 1 aliphatic rings. The Hall–Kier alpha value is -2.70. The second-order valence-electron chi connectivity index (χ2n) is 6.43. The number of hydrogen-bond donors (Lipinski definition) is 2. The number of morpholine rings is 1. The first-order chi connectivity index (χ1) is 13.2. The molecule has 0 spiro atoms. The van der Waals surface area contributed by atoms with Crippen LogP contribution < -0.4 is 10.6 Å². The third-order valence-corrected chi connectivity index (χ3v) is 4.61. The van der Waals surface area contributed by atoms with Gasteiger partial charge < -0.3 is 15.4 Å². The summed E-state index contributed by atoms with van der Waals surface area (Å²) in [6.07, 6.45) is 0. The van der Waals surface area contributed by atoms with Gasteiger partial charge in [-0.3, -0.25) is 14.5 Å². The zero-order valence-corrected chi connectivity index (χ0v) is 15.3. The number of rotatable bonds is 7. The minimum Gasteiger partial charge on any atom is -0.379 e. The molecule has 0 saturated carbocycles. The highest BCUT2D eigenvalue weighted by Crippen LogP contribution is 2.20. The van der Waals surface area contributed by atoms with Crippen molar-refractivity contribution in [1.29, 1.82) is 0 Å². The van der Waals surface area contributed by atoms with E-state index in [0.29, 0.717) is 25.3 Å². The molecule has 2 amide bonds. The first kappa shape index (κ1) is 19.1. The van der Waals surface area contributed by atoms with Gasteiger partial charge in [0, 0.05) is 25.2 Å². The molecule has 1 aliphatic heterocycles. The van der Waals surface area contributed by atoms with Crippen molar-refractivity contribution >= 4 is 11.8 Å². The number of hydrogen-bond acceptors (Lipinski definition) is 4. The summed E-state index contributed by atoms with van der Waals surface area (Å²) >= 11 is 0. The van der Waals surface area contributed by atoms with Gasteiger partial charge in [-0.05, 0) is 17.7 Å². The minimum absolute atomic E-state index is 0.0433. The van der Waals surface area contributed by atoms with Crippen LogP contribution in [-0.4, -0.2) is 56.1 Å². The fourth-order valence-corrected chi connectivity index (χ4v) is 3.15. The fourth-order valence-electron chi connectivity index (χ4n) is 3.15. The van der Waals surface area contributed by atoms with Gasteiger partial charge in [0.25, 0.3) is 5.91 Å². The van der Waals surface area contributed by atoms with Gasteiger partial charge in [-0.2, -0.15) is 0 Å². The molecule has 6 heteroatoms. The molecule has 2 aromatic carbocycles. The van der Waals surface area contributed by atoms with Crippen LogP contribution in [0.2, 0.25) is 0 Å². The molecule has 1 atom stereocenters. The SMILES string of the molecule is O=C(CNC(=O)c1ccccc1)NCC(c1ccccc1)N1CCOCC1. The Labute approximate surface area is 159 Å². The second kappa shape index (κ2) is 9.85. The van der Waals surface area contributed by atoms with Gasteiger partial charge in [-0.1, -0.05) is 48.5 Å². The van der Waals surface area contributed by atoms with Gasteiger partial charge in [0.05, 0.1) is 25.8 Å². The summed E-state index contributed by atoms with van der Waals surface area (Å²) in [6, 6.07) is 19.1. The Morgan fingerprint density at radius 2 is 1.56 bits per heavy atom. The molecule has 0 aromatic heterocycles. The van der Waals surface area contributed by atoms with Crippen molar-refractivity contribution in [2.24, 2.45) is 0 Å². The van der Waals surface area contributed by atoms with Crippen molar-refractivity contribution in [2.45, 2.75) is 6.04 Å². The number of carbonyl (C=O) groups is 2. The summed E-state index contributed by atoms with van der Waals surface area (Å²) in [5, 5.41) is 5.61. The molecule has 1 unspecified atom stereocenters. The molecule has 6 nitrogen and oxygen atoms in total. The summed E-state index contributed by atoms with van der Waals surface area (Å²) in [5.41, 5.74) is 1.70. The fraction of sp³-hybridized carbons (Fsp3) is 0.333. The first-order valence-electron chi connectivity index (χ1n) is 9.21. The molecule has 1 heterocycles. The predicted molar refractivity (Wildman–Crippen MR) is 103 cm³/mol. The summed E-state index contributed by atoms with van der Waals surface area (Å²) in [5.74, 6) is -0.452. The molecule has 3 rings (SSSR count). The summed E-state index contributed by atoms with van der Waals surface area (Å²) in [4.78, 5) is 26.6. The lowest BCUT2D eigenvalue weighted by Gasteiger charge is -2.35. The van der Waals surface area contributed by atoms with E-state index in [9.17, 15) is 9.59 Å². The van der Waals surface area contributed by atoms with E-state index < -0.39 is 0 Å². The number of nitrogens with one attached hydrogen (secondary N) is 2. The van der Waals surface area contributed by atoms with Crippen LogP contribution in [0.15, 0.2) is 60.7 Å². The van der Waals surface area contributed by atoms with Gasteiger partial charge in [-0.15, -0.1) is 0 Å². The van der Waals surface area contributed by atoms with E-state index >= 15 is 0 Å². The first-order valence-corrected chi connectivity index (χ1v) is 9.21. The summed E-state index contributed by atoms with van der Waals surface area (Å²) in [7, 11) is 0. The Balaban J connectivity index is 1.53. The summed E-state index contributed by atoms with van der Waals surface area (Å²) in [6.45, 7) is 3.51. The standard InChI is InChI=1S/C21H25N3O3/c25-20(16-23-21(26)18-9-5-2-6-10-18)22-15-19(17-7-3-1-4-8-17)24-11-13-27-14-12-24/h1-10,19H,11-16H2,(H,22,25)(H,23,26). The zero-order chi connectivity index (χ0) is 18.9. The van der Waals surface area contributed by atoms with E-state index in [4.69, 9.17) is 4.74 Å². The normalized spacial score (nSPS) is 15.7. The van der Waals surface area contributed by atoms with Crippen LogP contribution in [0.5, 0.6) is 0 Å². The lowest BCUT2D eigenvalue weighted by molar-refractivity contribution is -0.120. The van der Waals surface area contributed by atoms with Crippen molar-refractivity contribution in [2.75, 3.05) is 39.4 Å². The molecule has 0 radical (unpaired) electrons. The van der Waals surface area contributed by atoms with E-state index in [1.807, 2.05) is 24.3 Å². The minimum atomic E-state index is -0.251. The number of ether oxygens (including phenoxy) is 1. The van der Waals surface area contributed by atoms with Crippen LogP contribution in [0, 0.1) is 0 Å². The largest absolute Gasteiger partial charge is 0.379 e.